The number of fused-ring (bicyclic) bond motifs is 2. The predicted octanol–water partition coefficient (Wildman–Crippen LogP) is 4.52. The minimum absolute atomic E-state index is 0.171. The van der Waals surface area contributed by atoms with Crippen LogP contribution in [0.5, 0.6) is 0 Å². The molecule has 0 amide bonds. The van der Waals surface area contributed by atoms with Crippen molar-refractivity contribution in [3.63, 3.8) is 0 Å². The standard InChI is InChI=1S/C23H19ClF2N6O/c24-15-3-5-18-17(11-15)29-22(30(18)10-2-1-8-25)14-31-20-13-27-9-7-19(20)32(23(31)33)16-4-6-21(26)28-12-16/h3-7,9,11-13H,1-2,8,10,14H2. The second kappa shape index (κ2) is 8.74. The van der Waals surface area contributed by atoms with Crippen molar-refractivity contribution in [2.24, 2.45) is 0 Å². The van der Waals surface area contributed by atoms with E-state index < -0.39 is 12.6 Å². The third kappa shape index (κ3) is 3.89. The molecule has 0 unspecified atom stereocenters. The summed E-state index contributed by atoms with van der Waals surface area (Å²) in [5.74, 6) is 0.0196. The molecule has 10 heteroatoms. The Kier molecular flexibility index (Phi) is 5.63. The van der Waals surface area contributed by atoms with Crippen molar-refractivity contribution >= 4 is 33.7 Å². The van der Waals surface area contributed by atoms with E-state index in [9.17, 15) is 13.6 Å². The number of hydrogen-bond acceptors (Lipinski definition) is 4. The van der Waals surface area contributed by atoms with E-state index in [1.807, 2.05) is 10.6 Å². The highest BCUT2D eigenvalue weighted by Crippen LogP contribution is 2.23. The van der Waals surface area contributed by atoms with Crippen LogP contribution in [0.25, 0.3) is 27.8 Å². The molecule has 0 aliphatic heterocycles. The molecule has 0 aliphatic carbocycles. The average Bonchev–Trinajstić information content (AvgIpc) is 3.29. The largest absolute Gasteiger partial charge is 0.334 e. The molecule has 168 valence electrons. The van der Waals surface area contributed by atoms with Crippen LogP contribution in [0.2, 0.25) is 5.02 Å². The highest BCUT2D eigenvalue weighted by molar-refractivity contribution is 6.31. The smallest absolute Gasteiger partial charge is 0.326 e. The molecular weight excluding hydrogens is 450 g/mol. The van der Waals surface area contributed by atoms with E-state index in [1.54, 1.807) is 35.2 Å². The van der Waals surface area contributed by atoms with Gasteiger partial charge in [0.2, 0.25) is 5.95 Å². The summed E-state index contributed by atoms with van der Waals surface area (Å²) in [6.07, 6.45) is 5.59. The molecule has 0 saturated carbocycles. The molecule has 0 fully saturated rings. The van der Waals surface area contributed by atoms with Crippen LogP contribution in [0.15, 0.2) is 59.8 Å². The lowest BCUT2D eigenvalue weighted by Crippen LogP contribution is -2.25. The van der Waals surface area contributed by atoms with Crippen molar-refractivity contribution in [2.45, 2.75) is 25.9 Å². The minimum atomic E-state index is -0.627. The number of unbranched alkanes of at least 4 members (excludes halogenated alkanes) is 1. The maximum Gasteiger partial charge on any atom is 0.334 e. The number of rotatable bonds is 7. The second-order valence-corrected chi connectivity index (χ2v) is 8.05. The van der Waals surface area contributed by atoms with Gasteiger partial charge in [-0.2, -0.15) is 4.39 Å². The zero-order chi connectivity index (χ0) is 22.9. The Bertz CT molecular complexity index is 1510. The topological polar surface area (TPSA) is 70.5 Å². The maximum atomic E-state index is 13.5. The minimum Gasteiger partial charge on any atom is -0.326 e. The summed E-state index contributed by atoms with van der Waals surface area (Å²) in [5.41, 5.74) is 2.91. The first-order valence-electron chi connectivity index (χ1n) is 10.4. The van der Waals surface area contributed by atoms with E-state index in [4.69, 9.17) is 16.6 Å². The number of imidazole rings is 2. The molecular formula is C23H19ClF2N6O. The van der Waals surface area contributed by atoms with Gasteiger partial charge >= 0.3 is 5.69 Å². The second-order valence-electron chi connectivity index (χ2n) is 7.62. The number of hydrogen-bond donors (Lipinski definition) is 0. The van der Waals surface area contributed by atoms with Crippen molar-refractivity contribution in [3.8, 4) is 5.69 Å². The molecule has 5 rings (SSSR count). The first-order valence-corrected chi connectivity index (χ1v) is 10.8. The van der Waals surface area contributed by atoms with Gasteiger partial charge < -0.3 is 4.57 Å². The van der Waals surface area contributed by atoms with Gasteiger partial charge in [-0.15, -0.1) is 0 Å². The Hall–Kier alpha value is -3.59. The number of aryl methyl sites for hydroxylation is 1. The van der Waals surface area contributed by atoms with Crippen LogP contribution in [0.1, 0.15) is 18.7 Å². The van der Waals surface area contributed by atoms with Crippen LogP contribution in [-0.2, 0) is 13.1 Å². The fourth-order valence-corrected chi connectivity index (χ4v) is 4.20. The average molecular weight is 469 g/mol. The van der Waals surface area contributed by atoms with Crippen molar-refractivity contribution < 1.29 is 8.78 Å². The molecule has 4 heterocycles. The normalized spacial score (nSPS) is 11.6. The van der Waals surface area contributed by atoms with Crippen LogP contribution in [0.4, 0.5) is 8.78 Å². The molecule has 0 spiro atoms. The Labute approximate surface area is 191 Å². The fourth-order valence-electron chi connectivity index (χ4n) is 4.03. The van der Waals surface area contributed by atoms with Crippen LogP contribution in [0.3, 0.4) is 0 Å². The molecule has 0 radical (unpaired) electrons. The van der Waals surface area contributed by atoms with E-state index in [0.29, 0.717) is 52.5 Å². The Balaban J connectivity index is 1.66. The van der Waals surface area contributed by atoms with Gasteiger partial charge in [0.25, 0.3) is 0 Å². The molecule has 7 nitrogen and oxygen atoms in total. The van der Waals surface area contributed by atoms with E-state index in [1.165, 1.54) is 22.9 Å². The van der Waals surface area contributed by atoms with Gasteiger partial charge in [0.15, 0.2) is 0 Å². The van der Waals surface area contributed by atoms with Crippen molar-refractivity contribution in [1.82, 2.24) is 28.7 Å². The number of halogens is 3. The van der Waals surface area contributed by atoms with Gasteiger partial charge in [0.1, 0.15) is 5.82 Å². The number of alkyl halides is 1. The number of nitrogens with zero attached hydrogens (tertiary/aromatic N) is 6. The monoisotopic (exact) mass is 468 g/mol. The highest BCUT2D eigenvalue weighted by atomic mass is 35.5. The van der Waals surface area contributed by atoms with Crippen LogP contribution in [0, 0.1) is 5.95 Å². The zero-order valence-electron chi connectivity index (χ0n) is 17.5. The number of benzene rings is 1. The van der Waals surface area contributed by atoms with Gasteiger partial charge in [0.05, 0.1) is 53.4 Å². The first kappa shape index (κ1) is 21.3. The van der Waals surface area contributed by atoms with Crippen molar-refractivity contribution in [3.05, 3.63) is 82.3 Å². The molecule has 0 aliphatic rings. The number of pyridine rings is 2. The molecule has 4 aromatic heterocycles. The predicted molar refractivity (Wildman–Crippen MR) is 122 cm³/mol. The zero-order valence-corrected chi connectivity index (χ0v) is 18.2. The highest BCUT2D eigenvalue weighted by Gasteiger charge is 2.19. The molecule has 1 aromatic carbocycles. The van der Waals surface area contributed by atoms with Crippen LogP contribution < -0.4 is 5.69 Å². The van der Waals surface area contributed by atoms with Crippen molar-refractivity contribution in [2.75, 3.05) is 6.67 Å². The summed E-state index contributed by atoms with van der Waals surface area (Å²) in [5, 5.41) is 0.559. The van der Waals surface area contributed by atoms with E-state index in [2.05, 4.69) is 9.97 Å². The van der Waals surface area contributed by atoms with Gasteiger partial charge in [0, 0.05) is 17.8 Å². The third-order valence-corrected chi connectivity index (χ3v) is 5.79. The fraction of sp³-hybridized carbons (Fsp3) is 0.217. The van der Waals surface area contributed by atoms with Gasteiger partial charge in [-0.05, 0) is 49.2 Å². The van der Waals surface area contributed by atoms with E-state index in [0.717, 1.165) is 5.52 Å². The Morgan fingerprint density at radius 2 is 1.85 bits per heavy atom. The molecule has 5 aromatic rings. The summed E-state index contributed by atoms with van der Waals surface area (Å²) >= 11 is 6.15. The molecule has 0 N–H and O–H groups in total. The van der Waals surface area contributed by atoms with Gasteiger partial charge in [-0.3, -0.25) is 18.5 Å². The summed E-state index contributed by atoms with van der Waals surface area (Å²) < 4.78 is 31.1. The third-order valence-electron chi connectivity index (χ3n) is 5.56. The van der Waals surface area contributed by atoms with Crippen LogP contribution >= 0.6 is 11.6 Å². The molecule has 33 heavy (non-hydrogen) atoms. The summed E-state index contributed by atoms with van der Waals surface area (Å²) in [6.45, 7) is 0.341. The van der Waals surface area contributed by atoms with E-state index >= 15 is 0 Å². The van der Waals surface area contributed by atoms with Gasteiger partial charge in [-0.1, -0.05) is 11.6 Å². The van der Waals surface area contributed by atoms with E-state index in [-0.39, 0.29) is 12.2 Å². The Morgan fingerprint density at radius 3 is 2.64 bits per heavy atom. The molecule has 0 bridgehead atoms. The lowest BCUT2D eigenvalue weighted by Gasteiger charge is -2.09. The van der Waals surface area contributed by atoms with Crippen LogP contribution in [-0.4, -0.2) is 35.3 Å². The van der Waals surface area contributed by atoms with Gasteiger partial charge in [-0.25, -0.2) is 14.8 Å². The maximum absolute atomic E-state index is 13.5. The summed E-state index contributed by atoms with van der Waals surface area (Å²) in [4.78, 5) is 26.1. The first-order chi connectivity index (χ1) is 16.1. The molecule has 0 atom stereocenters. The molecule has 0 saturated heterocycles. The Morgan fingerprint density at radius 1 is 0.970 bits per heavy atom. The number of aromatic nitrogens is 6. The lowest BCUT2D eigenvalue weighted by molar-refractivity contribution is 0.446. The van der Waals surface area contributed by atoms with Crippen molar-refractivity contribution in [1.29, 1.82) is 0 Å². The summed E-state index contributed by atoms with van der Waals surface area (Å²) in [6, 6.07) is 9.86. The quantitative estimate of drug-likeness (QED) is 0.260. The summed E-state index contributed by atoms with van der Waals surface area (Å²) in [7, 11) is 0. The SMILES string of the molecule is O=c1n(Cc2nc3cc(Cl)ccc3n2CCCCF)c2cnccc2n1-c1ccc(F)nc1. The lowest BCUT2D eigenvalue weighted by atomic mass is 10.3.